The highest BCUT2D eigenvalue weighted by Gasteiger charge is 2.27. The number of carbonyl (C=O) groups excluding carboxylic acids is 1. The fourth-order valence-electron chi connectivity index (χ4n) is 3.20. The molecule has 5 heteroatoms. The second-order valence-corrected chi connectivity index (χ2v) is 7.88. The lowest BCUT2D eigenvalue weighted by molar-refractivity contribution is -0.150. The average Bonchev–Trinajstić information content (AvgIpc) is 2.66. The number of ether oxygens (including phenoxy) is 1. The smallest absolute Gasteiger partial charge is 0.309 e. The zero-order valence-corrected chi connectivity index (χ0v) is 15.8. The minimum absolute atomic E-state index is 0.0336. The van der Waals surface area contributed by atoms with Crippen LogP contribution in [0.2, 0.25) is 0 Å². The van der Waals surface area contributed by atoms with Crippen LogP contribution in [0.15, 0.2) is 42.9 Å². The highest BCUT2D eigenvalue weighted by Crippen LogP contribution is 2.24. The van der Waals surface area contributed by atoms with Crippen molar-refractivity contribution in [3.8, 4) is 0 Å². The van der Waals surface area contributed by atoms with E-state index in [2.05, 4.69) is 47.8 Å². The Kier molecular flexibility index (Phi) is 5.55. The van der Waals surface area contributed by atoms with Crippen molar-refractivity contribution in [2.45, 2.75) is 45.6 Å². The standard InChI is InChI=1S/C21H27N3O2/c1-21(2,3)18-6-4-5-16(13-18)15-26-20(25)17-7-11-24(12-8-17)19-14-22-9-10-23-19/h4-6,9-10,13-14,17H,7-8,11-12,15H2,1-3H3. The summed E-state index contributed by atoms with van der Waals surface area (Å²) in [7, 11) is 0. The topological polar surface area (TPSA) is 55.3 Å². The van der Waals surface area contributed by atoms with E-state index in [4.69, 9.17) is 4.74 Å². The first kappa shape index (κ1) is 18.4. The van der Waals surface area contributed by atoms with E-state index in [9.17, 15) is 4.79 Å². The van der Waals surface area contributed by atoms with E-state index < -0.39 is 0 Å². The van der Waals surface area contributed by atoms with E-state index in [0.29, 0.717) is 6.61 Å². The van der Waals surface area contributed by atoms with Crippen molar-refractivity contribution in [2.75, 3.05) is 18.0 Å². The fourth-order valence-corrected chi connectivity index (χ4v) is 3.20. The van der Waals surface area contributed by atoms with Crippen molar-refractivity contribution < 1.29 is 9.53 Å². The van der Waals surface area contributed by atoms with E-state index in [0.717, 1.165) is 37.3 Å². The first-order valence-electron chi connectivity index (χ1n) is 9.20. The Bertz CT molecular complexity index is 732. The molecule has 0 radical (unpaired) electrons. The van der Waals surface area contributed by atoms with E-state index >= 15 is 0 Å². The van der Waals surface area contributed by atoms with Crippen molar-refractivity contribution in [1.82, 2.24) is 9.97 Å². The zero-order valence-electron chi connectivity index (χ0n) is 15.8. The minimum Gasteiger partial charge on any atom is -0.461 e. The molecular formula is C21H27N3O2. The molecule has 0 aliphatic carbocycles. The van der Waals surface area contributed by atoms with Gasteiger partial charge in [0.2, 0.25) is 0 Å². The third kappa shape index (κ3) is 4.59. The van der Waals surface area contributed by atoms with Gasteiger partial charge in [-0.1, -0.05) is 45.0 Å². The van der Waals surface area contributed by atoms with Gasteiger partial charge in [-0.25, -0.2) is 4.98 Å². The Morgan fingerprint density at radius 3 is 2.65 bits per heavy atom. The van der Waals surface area contributed by atoms with Gasteiger partial charge in [0.1, 0.15) is 12.4 Å². The van der Waals surface area contributed by atoms with E-state index in [1.807, 2.05) is 12.1 Å². The first-order chi connectivity index (χ1) is 12.4. The summed E-state index contributed by atoms with van der Waals surface area (Å²) >= 11 is 0. The molecule has 0 saturated carbocycles. The van der Waals surface area contributed by atoms with Crippen LogP contribution in [0, 0.1) is 5.92 Å². The first-order valence-corrected chi connectivity index (χ1v) is 9.20. The number of hydrogen-bond donors (Lipinski definition) is 0. The number of hydrogen-bond acceptors (Lipinski definition) is 5. The number of carbonyl (C=O) groups is 1. The number of anilines is 1. The van der Waals surface area contributed by atoms with Crippen LogP contribution in [0.3, 0.4) is 0 Å². The van der Waals surface area contributed by atoms with Crippen LogP contribution in [0.1, 0.15) is 44.7 Å². The molecule has 0 atom stereocenters. The molecule has 1 aliphatic rings. The highest BCUT2D eigenvalue weighted by molar-refractivity contribution is 5.72. The number of esters is 1. The number of piperidine rings is 1. The van der Waals surface area contributed by atoms with Gasteiger partial charge in [0.05, 0.1) is 12.1 Å². The molecule has 1 aromatic heterocycles. The van der Waals surface area contributed by atoms with Crippen LogP contribution >= 0.6 is 0 Å². The Hall–Kier alpha value is -2.43. The maximum atomic E-state index is 12.4. The second kappa shape index (κ2) is 7.85. The molecule has 0 N–H and O–H groups in total. The summed E-state index contributed by atoms with van der Waals surface area (Å²) in [6.45, 7) is 8.50. The van der Waals surface area contributed by atoms with E-state index in [1.165, 1.54) is 5.56 Å². The van der Waals surface area contributed by atoms with Crippen molar-refractivity contribution in [3.63, 3.8) is 0 Å². The van der Waals surface area contributed by atoms with Crippen LogP contribution < -0.4 is 4.90 Å². The molecule has 0 spiro atoms. The van der Waals surface area contributed by atoms with Crippen molar-refractivity contribution in [2.24, 2.45) is 5.92 Å². The van der Waals surface area contributed by atoms with Crippen LogP contribution in [-0.2, 0) is 21.6 Å². The lowest BCUT2D eigenvalue weighted by atomic mass is 9.86. The Labute approximate surface area is 155 Å². The summed E-state index contributed by atoms with van der Waals surface area (Å²) in [4.78, 5) is 23.0. The summed E-state index contributed by atoms with van der Waals surface area (Å²) in [6, 6.07) is 8.29. The molecule has 1 fully saturated rings. The monoisotopic (exact) mass is 353 g/mol. The van der Waals surface area contributed by atoms with Crippen molar-refractivity contribution in [1.29, 1.82) is 0 Å². The van der Waals surface area contributed by atoms with Gasteiger partial charge in [0.15, 0.2) is 0 Å². The summed E-state index contributed by atoms with van der Waals surface area (Å²) < 4.78 is 5.59. The Morgan fingerprint density at radius 2 is 2.00 bits per heavy atom. The van der Waals surface area contributed by atoms with Gasteiger partial charge in [0.25, 0.3) is 0 Å². The molecule has 0 unspecified atom stereocenters. The van der Waals surface area contributed by atoms with Crippen molar-refractivity contribution >= 4 is 11.8 Å². The average molecular weight is 353 g/mol. The minimum atomic E-state index is -0.0926. The van der Waals surface area contributed by atoms with Crippen LogP contribution in [-0.4, -0.2) is 29.0 Å². The van der Waals surface area contributed by atoms with Gasteiger partial charge < -0.3 is 9.64 Å². The third-order valence-corrected chi connectivity index (χ3v) is 4.88. The lowest BCUT2D eigenvalue weighted by Crippen LogP contribution is -2.37. The van der Waals surface area contributed by atoms with Gasteiger partial charge in [-0.2, -0.15) is 0 Å². The number of benzene rings is 1. The molecular weight excluding hydrogens is 326 g/mol. The number of nitrogens with zero attached hydrogens (tertiary/aromatic N) is 3. The summed E-state index contributed by atoms with van der Waals surface area (Å²) in [5.74, 6) is 0.747. The van der Waals surface area contributed by atoms with Gasteiger partial charge in [-0.05, 0) is 29.4 Å². The molecule has 0 amide bonds. The van der Waals surface area contributed by atoms with Crippen LogP contribution in [0.5, 0.6) is 0 Å². The van der Waals surface area contributed by atoms with Crippen molar-refractivity contribution in [3.05, 3.63) is 54.0 Å². The molecule has 26 heavy (non-hydrogen) atoms. The predicted molar refractivity (Wildman–Crippen MR) is 102 cm³/mol. The van der Waals surface area contributed by atoms with Gasteiger partial charge in [-0.3, -0.25) is 9.78 Å². The molecule has 1 aliphatic heterocycles. The second-order valence-electron chi connectivity index (χ2n) is 7.88. The summed E-state index contributed by atoms with van der Waals surface area (Å²) in [5.41, 5.74) is 2.39. The molecule has 2 heterocycles. The number of rotatable bonds is 4. The Balaban J connectivity index is 1.51. The fraction of sp³-hybridized carbons (Fsp3) is 0.476. The van der Waals surface area contributed by atoms with E-state index in [-0.39, 0.29) is 17.3 Å². The van der Waals surface area contributed by atoms with Gasteiger partial charge >= 0.3 is 5.97 Å². The molecule has 0 bridgehead atoms. The van der Waals surface area contributed by atoms with Gasteiger partial charge in [-0.15, -0.1) is 0 Å². The van der Waals surface area contributed by atoms with Crippen LogP contribution in [0.25, 0.3) is 0 Å². The van der Waals surface area contributed by atoms with Crippen LogP contribution in [0.4, 0.5) is 5.82 Å². The predicted octanol–water partition coefficient (Wildman–Crippen LogP) is 3.73. The maximum absolute atomic E-state index is 12.4. The Morgan fingerprint density at radius 1 is 1.23 bits per heavy atom. The maximum Gasteiger partial charge on any atom is 0.309 e. The molecule has 5 nitrogen and oxygen atoms in total. The molecule has 3 rings (SSSR count). The normalized spacial score (nSPS) is 15.7. The molecule has 1 saturated heterocycles. The summed E-state index contributed by atoms with van der Waals surface area (Å²) in [5, 5.41) is 0. The quantitative estimate of drug-likeness (QED) is 0.784. The largest absolute Gasteiger partial charge is 0.461 e. The zero-order chi connectivity index (χ0) is 18.6. The molecule has 2 aromatic rings. The van der Waals surface area contributed by atoms with E-state index in [1.54, 1.807) is 18.6 Å². The lowest BCUT2D eigenvalue weighted by Gasteiger charge is -2.31. The highest BCUT2D eigenvalue weighted by atomic mass is 16.5. The molecule has 138 valence electrons. The molecule has 1 aromatic carbocycles. The number of aromatic nitrogens is 2. The SMILES string of the molecule is CC(C)(C)c1cccc(COC(=O)C2CCN(c3cnccn3)CC2)c1. The third-order valence-electron chi connectivity index (χ3n) is 4.88. The van der Waals surface area contributed by atoms with Gasteiger partial charge in [0, 0.05) is 25.5 Å². The summed E-state index contributed by atoms with van der Waals surface area (Å²) in [6.07, 6.45) is 6.71.